The Morgan fingerprint density at radius 1 is 0.972 bits per heavy atom. The molecular weight excluding hydrogens is 458 g/mol. The molecule has 0 saturated heterocycles. The molecule has 3 amide bonds. The van der Waals surface area contributed by atoms with Gasteiger partial charge in [0, 0.05) is 24.5 Å². The summed E-state index contributed by atoms with van der Waals surface area (Å²) in [4.78, 5) is 36.5. The number of nitrogens with one attached hydrogen (secondary N) is 2. The first-order chi connectivity index (χ1) is 17.4. The monoisotopic (exact) mass is 495 g/mol. The zero-order valence-corrected chi connectivity index (χ0v) is 21.6. The van der Waals surface area contributed by atoms with E-state index in [9.17, 15) is 14.4 Å². The zero-order chi connectivity index (χ0) is 27.3. The van der Waals surface area contributed by atoms with Crippen LogP contribution in [0.1, 0.15) is 54.7 Å². The lowest BCUT2D eigenvalue weighted by Crippen LogP contribution is -2.23. The molecule has 0 spiro atoms. The van der Waals surface area contributed by atoms with Gasteiger partial charge in [0.1, 0.15) is 6.61 Å². The quantitative estimate of drug-likeness (QED) is 0.273. The van der Waals surface area contributed by atoms with Crippen molar-refractivity contribution < 1.29 is 19.1 Å². The van der Waals surface area contributed by atoms with Gasteiger partial charge in [0.25, 0.3) is 0 Å². The van der Waals surface area contributed by atoms with Crippen molar-refractivity contribution in [2.75, 3.05) is 11.1 Å². The Balaban J connectivity index is 0.000000730. The average molecular weight is 496 g/mol. The third kappa shape index (κ3) is 12.7. The minimum Gasteiger partial charge on any atom is -0.445 e. The number of primary amides is 1. The number of nitrogen functional groups attached to an aromatic ring is 1. The van der Waals surface area contributed by atoms with Crippen molar-refractivity contribution in [3.8, 4) is 0 Å². The Bertz CT molecular complexity index is 1060. The van der Waals surface area contributed by atoms with Crippen LogP contribution in [0.2, 0.25) is 0 Å². The van der Waals surface area contributed by atoms with Crippen LogP contribution in [0.3, 0.4) is 0 Å². The summed E-state index contributed by atoms with van der Waals surface area (Å²) >= 11 is 0. The summed E-state index contributed by atoms with van der Waals surface area (Å²) in [6.07, 6.45) is 2.94. The lowest BCUT2D eigenvalue weighted by Gasteiger charge is -2.07. The van der Waals surface area contributed by atoms with Crippen LogP contribution in [0.25, 0.3) is 0 Å². The molecule has 0 saturated carbocycles. The van der Waals surface area contributed by atoms with Gasteiger partial charge in [-0.25, -0.2) is 4.79 Å². The summed E-state index contributed by atoms with van der Waals surface area (Å²) in [5, 5.41) is 5.12. The highest BCUT2D eigenvalue weighted by Crippen LogP contribution is 2.15. The van der Waals surface area contributed by atoms with E-state index in [0.717, 1.165) is 11.1 Å². The van der Waals surface area contributed by atoms with E-state index in [1.54, 1.807) is 18.2 Å². The predicted octanol–water partition coefficient (Wildman–Crippen LogP) is 4.80. The van der Waals surface area contributed by atoms with E-state index in [-0.39, 0.29) is 12.2 Å². The minimum atomic E-state index is -0.571. The molecule has 0 aliphatic rings. The van der Waals surface area contributed by atoms with Gasteiger partial charge in [-0.05, 0) is 30.7 Å². The zero-order valence-electron chi connectivity index (χ0n) is 21.6. The number of rotatable bonds is 7. The average Bonchev–Trinajstić information content (AvgIpc) is 2.91. The Kier molecular flexibility index (Phi) is 16.6. The molecule has 0 radical (unpaired) electrons. The van der Waals surface area contributed by atoms with Crippen LogP contribution in [0.5, 0.6) is 0 Å². The molecule has 9 heteroatoms. The van der Waals surface area contributed by atoms with Gasteiger partial charge in [-0.1, -0.05) is 69.7 Å². The SMILES string of the molecule is CC.CC.Cc1ccc(CNC(=O)OCc2cncc(C(N)=O)c2)cc1.Nc1ccccc1NC=O. The van der Waals surface area contributed by atoms with E-state index in [2.05, 4.69) is 15.6 Å². The molecule has 0 atom stereocenters. The molecule has 0 aliphatic heterocycles. The van der Waals surface area contributed by atoms with E-state index in [4.69, 9.17) is 16.2 Å². The normalized spacial score (nSPS) is 8.92. The fourth-order valence-electron chi connectivity index (χ4n) is 2.47. The lowest BCUT2D eigenvalue weighted by molar-refractivity contribution is -0.105. The van der Waals surface area contributed by atoms with Gasteiger partial charge < -0.3 is 26.8 Å². The van der Waals surface area contributed by atoms with Gasteiger partial charge in [-0.2, -0.15) is 0 Å². The number of ether oxygens (including phenoxy) is 1. The van der Waals surface area contributed by atoms with Gasteiger partial charge in [-0.3, -0.25) is 14.6 Å². The molecule has 6 N–H and O–H groups in total. The van der Waals surface area contributed by atoms with E-state index >= 15 is 0 Å². The molecule has 3 aromatic rings. The summed E-state index contributed by atoms with van der Waals surface area (Å²) in [7, 11) is 0. The first-order valence-corrected chi connectivity index (χ1v) is 11.6. The third-order valence-corrected chi connectivity index (χ3v) is 4.18. The van der Waals surface area contributed by atoms with E-state index in [1.165, 1.54) is 12.4 Å². The lowest BCUT2D eigenvalue weighted by atomic mass is 10.1. The molecule has 1 heterocycles. The van der Waals surface area contributed by atoms with E-state index in [1.807, 2.05) is 71.0 Å². The second kappa shape index (κ2) is 19.0. The molecule has 1 aromatic heterocycles. The number of aromatic nitrogens is 1. The standard InChI is InChI=1S/C16H17N3O3.C7H8N2O.2C2H6/c1-11-2-4-12(5-3-11)8-19-16(21)22-10-13-6-14(15(17)20)9-18-7-13;8-6-3-1-2-4-7(6)9-5-10;2*1-2/h2-7,9H,8,10H2,1H3,(H2,17,20)(H,19,21);1-5H,8H2,(H,9,10);2*1-2H3. The number of nitrogens with two attached hydrogens (primary N) is 2. The molecular formula is C27H37N5O4. The minimum absolute atomic E-state index is 0.0217. The van der Waals surface area contributed by atoms with Gasteiger partial charge in [0.05, 0.1) is 16.9 Å². The second-order valence-corrected chi connectivity index (χ2v) is 6.71. The molecule has 0 unspecified atom stereocenters. The highest BCUT2D eigenvalue weighted by atomic mass is 16.5. The fourth-order valence-corrected chi connectivity index (χ4v) is 2.47. The van der Waals surface area contributed by atoms with Crippen molar-refractivity contribution in [1.82, 2.24) is 10.3 Å². The molecule has 194 valence electrons. The topological polar surface area (TPSA) is 149 Å². The number of carbonyl (C=O) groups excluding carboxylic acids is 3. The highest BCUT2D eigenvalue weighted by molar-refractivity contribution is 5.92. The van der Waals surface area contributed by atoms with Crippen molar-refractivity contribution in [3.05, 3.63) is 89.2 Å². The van der Waals surface area contributed by atoms with Crippen LogP contribution >= 0.6 is 0 Å². The number of nitrogens with zero attached hydrogens (tertiary/aromatic N) is 1. The fraction of sp³-hybridized carbons (Fsp3) is 0.259. The van der Waals surface area contributed by atoms with E-state index in [0.29, 0.717) is 29.9 Å². The van der Waals surface area contributed by atoms with Gasteiger partial charge in [0.15, 0.2) is 0 Å². The molecule has 0 aliphatic carbocycles. The first kappa shape index (κ1) is 31.6. The van der Waals surface area contributed by atoms with Crippen molar-refractivity contribution in [3.63, 3.8) is 0 Å². The smallest absolute Gasteiger partial charge is 0.407 e. The largest absolute Gasteiger partial charge is 0.445 e. The van der Waals surface area contributed by atoms with Crippen LogP contribution in [0.4, 0.5) is 16.2 Å². The summed E-state index contributed by atoms with van der Waals surface area (Å²) in [5.41, 5.74) is 14.9. The highest BCUT2D eigenvalue weighted by Gasteiger charge is 2.06. The van der Waals surface area contributed by atoms with Gasteiger partial charge in [-0.15, -0.1) is 0 Å². The maximum absolute atomic E-state index is 11.6. The number of aryl methyl sites for hydroxylation is 1. The molecule has 0 fully saturated rings. The van der Waals surface area contributed by atoms with Crippen LogP contribution < -0.4 is 22.1 Å². The molecule has 36 heavy (non-hydrogen) atoms. The number of para-hydroxylation sites is 2. The van der Waals surface area contributed by atoms with E-state index < -0.39 is 12.0 Å². The number of alkyl carbamates (subject to hydrolysis) is 1. The molecule has 3 rings (SSSR count). The summed E-state index contributed by atoms with van der Waals surface area (Å²) in [5.74, 6) is -0.571. The van der Waals surface area contributed by atoms with Crippen molar-refractivity contribution >= 4 is 29.8 Å². The van der Waals surface area contributed by atoms with Gasteiger partial charge >= 0.3 is 6.09 Å². The van der Waals surface area contributed by atoms with Gasteiger partial charge in [0.2, 0.25) is 12.3 Å². The Labute approximate surface area is 213 Å². The van der Waals surface area contributed by atoms with Crippen LogP contribution in [-0.4, -0.2) is 23.4 Å². The number of pyridine rings is 1. The number of hydrogen-bond acceptors (Lipinski definition) is 6. The summed E-state index contributed by atoms with van der Waals surface area (Å²) < 4.78 is 5.07. The molecule has 2 aromatic carbocycles. The third-order valence-electron chi connectivity index (χ3n) is 4.18. The molecule has 0 bridgehead atoms. The molecule has 9 nitrogen and oxygen atoms in total. The number of hydrogen-bond donors (Lipinski definition) is 4. The maximum Gasteiger partial charge on any atom is 0.407 e. The Morgan fingerprint density at radius 3 is 2.19 bits per heavy atom. The Hall–Kier alpha value is -4.40. The number of amides is 3. The number of benzene rings is 2. The maximum atomic E-state index is 11.6. The summed E-state index contributed by atoms with van der Waals surface area (Å²) in [6.45, 7) is 10.4. The number of anilines is 2. The number of carbonyl (C=O) groups is 3. The first-order valence-electron chi connectivity index (χ1n) is 11.6. The van der Waals surface area contributed by atoms with Crippen molar-refractivity contribution in [1.29, 1.82) is 0 Å². The van der Waals surface area contributed by atoms with Crippen LogP contribution in [0, 0.1) is 6.92 Å². The second-order valence-electron chi connectivity index (χ2n) is 6.71. The van der Waals surface area contributed by atoms with Crippen LogP contribution in [-0.2, 0) is 22.7 Å². The van der Waals surface area contributed by atoms with Crippen LogP contribution in [0.15, 0.2) is 67.0 Å². The van der Waals surface area contributed by atoms with Crippen molar-refractivity contribution in [2.24, 2.45) is 5.73 Å². The predicted molar refractivity (Wildman–Crippen MR) is 144 cm³/mol. The van der Waals surface area contributed by atoms with Crippen molar-refractivity contribution in [2.45, 2.75) is 47.8 Å². The summed E-state index contributed by atoms with van der Waals surface area (Å²) in [6, 6.07) is 16.5. The Morgan fingerprint density at radius 2 is 1.61 bits per heavy atom.